The van der Waals surface area contributed by atoms with Gasteiger partial charge in [-0.15, -0.1) is 11.3 Å². The van der Waals surface area contributed by atoms with Crippen LogP contribution in [-0.4, -0.2) is 24.6 Å². The van der Waals surface area contributed by atoms with E-state index in [1.165, 1.54) is 0 Å². The van der Waals surface area contributed by atoms with Crippen LogP contribution >= 0.6 is 11.3 Å². The fraction of sp³-hybridized carbons (Fsp3) is 0.400. The van der Waals surface area contributed by atoms with E-state index in [1.807, 2.05) is 24.3 Å². The van der Waals surface area contributed by atoms with Crippen molar-refractivity contribution in [3.8, 4) is 5.75 Å². The Morgan fingerprint density at radius 1 is 1.27 bits per heavy atom. The Hall–Kier alpha value is -2.34. The van der Waals surface area contributed by atoms with E-state index in [9.17, 15) is 0 Å². The van der Waals surface area contributed by atoms with Crippen LogP contribution in [-0.2, 0) is 18.5 Å². The molecule has 0 atom stereocenters. The zero-order valence-electron chi connectivity index (χ0n) is 16.0. The van der Waals surface area contributed by atoms with E-state index >= 15 is 0 Å². The molecular weight excluding hydrogens is 344 g/mol. The molecule has 2 N–H and O–H groups in total. The summed E-state index contributed by atoms with van der Waals surface area (Å²) in [7, 11) is 1.76. The van der Waals surface area contributed by atoms with Gasteiger partial charge in [-0.1, -0.05) is 51.6 Å². The number of para-hydroxylation sites is 1. The van der Waals surface area contributed by atoms with Crippen LogP contribution in [0.1, 0.15) is 37.0 Å². The van der Waals surface area contributed by atoms with E-state index < -0.39 is 0 Å². The second-order valence-electron chi connectivity index (χ2n) is 6.88. The smallest absolute Gasteiger partial charge is 0.191 e. The third kappa shape index (κ3) is 5.88. The molecule has 2 aromatic rings. The molecular formula is C20H28N4OS. The summed E-state index contributed by atoms with van der Waals surface area (Å²) in [6, 6.07) is 7.95. The molecule has 0 radical (unpaired) electrons. The molecule has 0 unspecified atom stereocenters. The van der Waals surface area contributed by atoms with Crippen molar-refractivity contribution >= 4 is 17.3 Å². The summed E-state index contributed by atoms with van der Waals surface area (Å²) in [6.45, 7) is 12.0. The second-order valence-corrected chi connectivity index (χ2v) is 7.74. The maximum Gasteiger partial charge on any atom is 0.191 e. The van der Waals surface area contributed by atoms with Crippen LogP contribution in [0.3, 0.4) is 0 Å². The SMILES string of the molecule is C=CCOc1ccccc1CNC(=NC)NCc1csc(C(C)(C)C)n1. The van der Waals surface area contributed by atoms with E-state index in [0.29, 0.717) is 19.7 Å². The number of aliphatic imine (C=N–C) groups is 1. The molecule has 1 aromatic heterocycles. The summed E-state index contributed by atoms with van der Waals surface area (Å²) >= 11 is 1.70. The predicted octanol–water partition coefficient (Wildman–Crippen LogP) is 3.87. The van der Waals surface area contributed by atoms with Crippen molar-refractivity contribution in [1.82, 2.24) is 15.6 Å². The van der Waals surface area contributed by atoms with Crippen molar-refractivity contribution in [3.63, 3.8) is 0 Å². The highest BCUT2D eigenvalue weighted by Crippen LogP contribution is 2.25. The van der Waals surface area contributed by atoms with E-state index in [2.05, 4.69) is 48.4 Å². The van der Waals surface area contributed by atoms with Gasteiger partial charge in [0.05, 0.1) is 17.2 Å². The number of rotatable bonds is 7. The molecule has 140 valence electrons. The van der Waals surface area contributed by atoms with E-state index in [0.717, 1.165) is 28.0 Å². The zero-order valence-corrected chi connectivity index (χ0v) is 16.8. The van der Waals surface area contributed by atoms with Crippen LogP contribution in [0.25, 0.3) is 0 Å². The van der Waals surface area contributed by atoms with Crippen LogP contribution in [0.2, 0.25) is 0 Å². The maximum atomic E-state index is 5.69. The molecule has 5 nitrogen and oxygen atoms in total. The summed E-state index contributed by atoms with van der Waals surface area (Å²) in [5.41, 5.74) is 2.18. The maximum absolute atomic E-state index is 5.69. The summed E-state index contributed by atoms with van der Waals surface area (Å²) < 4.78 is 5.69. The standard InChI is InChI=1S/C20H28N4OS/c1-6-11-25-17-10-8-7-9-15(17)12-22-19(21-5)23-13-16-14-26-18(24-16)20(2,3)4/h6-10,14H,1,11-13H2,2-5H3,(H2,21,22,23). The Labute approximate surface area is 160 Å². The third-order valence-corrected chi connectivity index (χ3v) is 4.95. The molecule has 1 heterocycles. The third-order valence-electron chi connectivity index (χ3n) is 3.63. The highest BCUT2D eigenvalue weighted by atomic mass is 32.1. The summed E-state index contributed by atoms with van der Waals surface area (Å²) in [6.07, 6.45) is 1.74. The Balaban J connectivity index is 1.90. The highest BCUT2D eigenvalue weighted by Gasteiger charge is 2.17. The first-order valence-electron chi connectivity index (χ1n) is 8.65. The van der Waals surface area contributed by atoms with Gasteiger partial charge in [-0.25, -0.2) is 4.98 Å². The molecule has 26 heavy (non-hydrogen) atoms. The molecule has 0 bridgehead atoms. The van der Waals surface area contributed by atoms with Crippen LogP contribution < -0.4 is 15.4 Å². The minimum absolute atomic E-state index is 0.0813. The number of ether oxygens (including phenoxy) is 1. The summed E-state index contributed by atoms with van der Waals surface area (Å²) in [5, 5.41) is 9.87. The molecule has 0 spiro atoms. The minimum Gasteiger partial charge on any atom is -0.489 e. The Morgan fingerprint density at radius 3 is 2.65 bits per heavy atom. The van der Waals surface area contributed by atoms with Crippen molar-refractivity contribution in [2.75, 3.05) is 13.7 Å². The topological polar surface area (TPSA) is 58.5 Å². The number of hydrogen-bond acceptors (Lipinski definition) is 4. The zero-order chi connectivity index (χ0) is 19.0. The lowest BCUT2D eigenvalue weighted by Gasteiger charge is -2.14. The molecule has 0 amide bonds. The number of thiazole rings is 1. The Kier molecular flexibility index (Phi) is 7.21. The van der Waals surface area contributed by atoms with Gasteiger partial charge in [-0.05, 0) is 6.07 Å². The fourth-order valence-electron chi connectivity index (χ4n) is 2.25. The number of nitrogens with zero attached hydrogens (tertiary/aromatic N) is 2. The first-order chi connectivity index (χ1) is 12.4. The lowest BCUT2D eigenvalue weighted by molar-refractivity contribution is 0.358. The largest absolute Gasteiger partial charge is 0.489 e. The van der Waals surface area contributed by atoms with Crippen molar-refractivity contribution in [2.45, 2.75) is 39.3 Å². The molecule has 6 heteroatoms. The number of hydrogen-bond donors (Lipinski definition) is 2. The quantitative estimate of drug-likeness (QED) is 0.440. The average Bonchev–Trinajstić information content (AvgIpc) is 3.10. The summed E-state index contributed by atoms with van der Waals surface area (Å²) in [4.78, 5) is 8.98. The second kappa shape index (κ2) is 9.38. The van der Waals surface area contributed by atoms with Crippen LogP contribution in [0.5, 0.6) is 5.75 Å². The van der Waals surface area contributed by atoms with Gasteiger partial charge in [0.1, 0.15) is 12.4 Å². The average molecular weight is 373 g/mol. The van der Waals surface area contributed by atoms with E-state index in [1.54, 1.807) is 24.5 Å². The first-order valence-corrected chi connectivity index (χ1v) is 9.53. The van der Waals surface area contributed by atoms with Crippen molar-refractivity contribution in [1.29, 1.82) is 0 Å². The minimum atomic E-state index is 0.0813. The molecule has 0 saturated heterocycles. The number of aromatic nitrogens is 1. The van der Waals surface area contributed by atoms with Gasteiger partial charge in [0.25, 0.3) is 0 Å². The number of benzene rings is 1. The Morgan fingerprint density at radius 2 is 2.00 bits per heavy atom. The Bertz CT molecular complexity index is 746. The van der Waals surface area contributed by atoms with Crippen molar-refractivity contribution in [3.05, 3.63) is 58.6 Å². The number of guanidine groups is 1. The monoisotopic (exact) mass is 372 g/mol. The lowest BCUT2D eigenvalue weighted by Crippen LogP contribution is -2.36. The normalized spacial score (nSPS) is 11.9. The highest BCUT2D eigenvalue weighted by molar-refractivity contribution is 7.09. The van der Waals surface area contributed by atoms with Gasteiger partial charge in [0.2, 0.25) is 0 Å². The van der Waals surface area contributed by atoms with Crippen LogP contribution in [0.15, 0.2) is 47.3 Å². The fourth-order valence-corrected chi connectivity index (χ4v) is 3.15. The first kappa shape index (κ1) is 20.0. The van der Waals surface area contributed by atoms with Gasteiger partial charge in [0.15, 0.2) is 5.96 Å². The van der Waals surface area contributed by atoms with Gasteiger partial charge in [-0.2, -0.15) is 0 Å². The summed E-state index contributed by atoms with van der Waals surface area (Å²) in [5.74, 6) is 1.58. The molecule has 1 aromatic carbocycles. The van der Waals surface area contributed by atoms with E-state index in [4.69, 9.17) is 9.72 Å². The van der Waals surface area contributed by atoms with Crippen molar-refractivity contribution < 1.29 is 4.74 Å². The number of nitrogens with one attached hydrogen (secondary N) is 2. The van der Waals surface area contributed by atoms with Gasteiger partial charge in [0, 0.05) is 30.0 Å². The van der Waals surface area contributed by atoms with Gasteiger partial charge < -0.3 is 15.4 Å². The van der Waals surface area contributed by atoms with Crippen molar-refractivity contribution in [2.24, 2.45) is 4.99 Å². The van der Waals surface area contributed by atoms with E-state index in [-0.39, 0.29) is 5.41 Å². The lowest BCUT2D eigenvalue weighted by atomic mass is 9.98. The molecule has 2 rings (SSSR count). The molecule has 0 aliphatic heterocycles. The van der Waals surface area contributed by atoms with Gasteiger partial charge >= 0.3 is 0 Å². The molecule has 0 fully saturated rings. The molecule has 0 aliphatic rings. The predicted molar refractivity (Wildman–Crippen MR) is 110 cm³/mol. The van der Waals surface area contributed by atoms with Crippen LogP contribution in [0, 0.1) is 0 Å². The molecule has 0 aliphatic carbocycles. The van der Waals surface area contributed by atoms with Gasteiger partial charge in [-0.3, -0.25) is 4.99 Å². The molecule has 0 saturated carbocycles. The van der Waals surface area contributed by atoms with Crippen LogP contribution in [0.4, 0.5) is 0 Å².